The van der Waals surface area contributed by atoms with Crippen LogP contribution in [0.2, 0.25) is 0 Å². The quantitative estimate of drug-likeness (QED) is 0.228. The van der Waals surface area contributed by atoms with Crippen LogP contribution in [0.3, 0.4) is 0 Å². The predicted molar refractivity (Wildman–Crippen MR) is 133 cm³/mol. The molecule has 0 N–H and O–H groups in total. The van der Waals surface area contributed by atoms with Gasteiger partial charge in [0.2, 0.25) is 11.7 Å². The molecule has 8 heteroatoms. The van der Waals surface area contributed by atoms with Crippen LogP contribution < -0.4 is 5.56 Å². The van der Waals surface area contributed by atoms with Gasteiger partial charge in [-0.25, -0.2) is 4.98 Å². The van der Waals surface area contributed by atoms with E-state index in [4.69, 9.17) is 9.51 Å². The maximum atomic E-state index is 13.3. The Morgan fingerprint density at radius 1 is 0.909 bits per heavy atom. The minimum Gasteiger partial charge on any atom is -0.338 e. The summed E-state index contributed by atoms with van der Waals surface area (Å²) >= 11 is 3.10. The van der Waals surface area contributed by atoms with Crippen LogP contribution in [0.4, 0.5) is 0 Å². The van der Waals surface area contributed by atoms with E-state index < -0.39 is 0 Å². The molecule has 33 heavy (non-hydrogen) atoms. The highest BCUT2D eigenvalue weighted by Crippen LogP contribution is 2.25. The summed E-state index contributed by atoms with van der Waals surface area (Å²) in [7, 11) is 0. The number of thioether (sulfide) groups is 2. The standard InChI is InChI=1S/C25H20N4O2S2/c1-32-19-13-11-18(12-14-19)23-27-22(31-28-23)16-33-25-26-21-10-6-5-9-20(21)24(30)29(25)15-17-7-3-2-4-8-17/h2-14H,15-16H2,1H3. The normalized spacial score (nSPS) is 11.2. The Balaban J connectivity index is 1.43. The van der Waals surface area contributed by atoms with Crippen LogP contribution >= 0.6 is 23.5 Å². The van der Waals surface area contributed by atoms with Gasteiger partial charge < -0.3 is 4.52 Å². The van der Waals surface area contributed by atoms with E-state index in [1.165, 1.54) is 16.7 Å². The molecular formula is C25H20N4O2S2. The lowest BCUT2D eigenvalue weighted by Crippen LogP contribution is -2.24. The molecule has 0 aliphatic rings. The molecule has 0 saturated carbocycles. The largest absolute Gasteiger partial charge is 0.338 e. The van der Waals surface area contributed by atoms with E-state index in [0.717, 1.165) is 11.1 Å². The average Bonchev–Trinajstić information content (AvgIpc) is 3.34. The highest BCUT2D eigenvalue weighted by atomic mass is 32.2. The molecule has 0 radical (unpaired) electrons. The van der Waals surface area contributed by atoms with Crippen LogP contribution in [-0.2, 0) is 12.3 Å². The van der Waals surface area contributed by atoms with Crippen molar-refractivity contribution < 1.29 is 4.52 Å². The molecule has 2 heterocycles. The SMILES string of the molecule is CSc1ccc(-c2noc(CSc3nc4ccccc4c(=O)n3Cc3ccccc3)n2)cc1. The number of aromatic nitrogens is 4. The molecule has 0 unspecified atom stereocenters. The fraction of sp³-hybridized carbons (Fsp3) is 0.120. The van der Waals surface area contributed by atoms with Gasteiger partial charge in [-0.3, -0.25) is 9.36 Å². The molecule has 0 fully saturated rings. The zero-order chi connectivity index (χ0) is 22.6. The van der Waals surface area contributed by atoms with Crippen molar-refractivity contribution in [2.75, 3.05) is 6.26 Å². The summed E-state index contributed by atoms with van der Waals surface area (Å²) in [5.74, 6) is 1.44. The number of para-hydroxylation sites is 1. The third-order valence-corrected chi connectivity index (χ3v) is 6.86. The molecule has 0 aliphatic heterocycles. The molecule has 0 amide bonds. The molecule has 5 aromatic rings. The number of fused-ring (bicyclic) bond motifs is 1. The van der Waals surface area contributed by atoms with Crippen LogP contribution in [0.5, 0.6) is 0 Å². The first-order valence-electron chi connectivity index (χ1n) is 10.3. The van der Waals surface area contributed by atoms with Crippen molar-refractivity contribution >= 4 is 34.4 Å². The molecular weight excluding hydrogens is 452 g/mol. The minimum atomic E-state index is -0.0629. The Labute approximate surface area is 199 Å². The molecule has 5 rings (SSSR count). The van der Waals surface area contributed by atoms with Crippen molar-refractivity contribution in [3.05, 3.63) is 101 Å². The van der Waals surface area contributed by atoms with Gasteiger partial charge >= 0.3 is 0 Å². The molecule has 3 aromatic carbocycles. The maximum absolute atomic E-state index is 13.3. The monoisotopic (exact) mass is 472 g/mol. The lowest BCUT2D eigenvalue weighted by molar-refractivity contribution is 0.391. The predicted octanol–water partition coefficient (Wildman–Crippen LogP) is 5.51. The van der Waals surface area contributed by atoms with Crippen molar-refractivity contribution in [3.63, 3.8) is 0 Å². The van der Waals surface area contributed by atoms with Crippen molar-refractivity contribution in [1.29, 1.82) is 0 Å². The van der Waals surface area contributed by atoms with E-state index in [2.05, 4.69) is 10.1 Å². The number of rotatable bonds is 7. The number of hydrogen-bond acceptors (Lipinski definition) is 7. The maximum Gasteiger partial charge on any atom is 0.262 e. The van der Waals surface area contributed by atoms with E-state index >= 15 is 0 Å². The summed E-state index contributed by atoms with van der Waals surface area (Å²) in [4.78, 5) is 23.7. The Morgan fingerprint density at radius 3 is 2.45 bits per heavy atom. The van der Waals surface area contributed by atoms with Crippen LogP contribution in [0.1, 0.15) is 11.5 Å². The summed E-state index contributed by atoms with van der Waals surface area (Å²) in [6.07, 6.45) is 2.04. The Hall–Kier alpha value is -3.36. The number of benzene rings is 3. The molecule has 2 aromatic heterocycles. The third kappa shape index (κ3) is 4.72. The first-order chi connectivity index (χ1) is 16.2. The molecule has 0 aliphatic carbocycles. The third-order valence-electron chi connectivity index (χ3n) is 5.15. The van der Waals surface area contributed by atoms with Gasteiger partial charge in [-0.15, -0.1) is 11.8 Å². The van der Waals surface area contributed by atoms with Gasteiger partial charge in [-0.2, -0.15) is 4.98 Å². The summed E-state index contributed by atoms with van der Waals surface area (Å²) in [5, 5.41) is 5.34. The summed E-state index contributed by atoms with van der Waals surface area (Å²) in [6.45, 7) is 0.441. The van der Waals surface area contributed by atoms with Gasteiger partial charge in [-0.1, -0.05) is 59.4 Å². The zero-order valence-electron chi connectivity index (χ0n) is 17.8. The van der Waals surface area contributed by atoms with Gasteiger partial charge in [0.25, 0.3) is 5.56 Å². The fourth-order valence-corrected chi connectivity index (χ4v) is 4.70. The van der Waals surface area contributed by atoms with Gasteiger partial charge in [0.05, 0.1) is 23.2 Å². The van der Waals surface area contributed by atoms with Crippen LogP contribution in [0.15, 0.2) is 98.2 Å². The minimum absolute atomic E-state index is 0.0629. The molecule has 164 valence electrons. The zero-order valence-corrected chi connectivity index (χ0v) is 19.5. The van der Waals surface area contributed by atoms with Crippen molar-refractivity contribution in [2.24, 2.45) is 0 Å². The topological polar surface area (TPSA) is 73.8 Å². The van der Waals surface area contributed by atoms with Gasteiger partial charge in [0, 0.05) is 10.5 Å². The van der Waals surface area contributed by atoms with Crippen LogP contribution in [-0.4, -0.2) is 25.9 Å². The molecule has 0 atom stereocenters. The molecule has 0 bridgehead atoms. The van der Waals surface area contributed by atoms with E-state index in [0.29, 0.717) is 40.1 Å². The molecule has 0 spiro atoms. The van der Waals surface area contributed by atoms with Crippen molar-refractivity contribution in [2.45, 2.75) is 22.3 Å². The molecule has 0 saturated heterocycles. The lowest BCUT2D eigenvalue weighted by atomic mass is 10.2. The Morgan fingerprint density at radius 2 is 1.67 bits per heavy atom. The van der Waals surface area contributed by atoms with Gasteiger partial charge in [0.15, 0.2) is 5.16 Å². The average molecular weight is 473 g/mol. The number of nitrogens with zero attached hydrogens (tertiary/aromatic N) is 4. The second kappa shape index (κ2) is 9.64. The lowest BCUT2D eigenvalue weighted by Gasteiger charge is -2.12. The smallest absolute Gasteiger partial charge is 0.262 e. The van der Waals surface area contributed by atoms with Gasteiger partial charge in [-0.05, 0) is 48.2 Å². The summed E-state index contributed by atoms with van der Waals surface area (Å²) < 4.78 is 7.18. The summed E-state index contributed by atoms with van der Waals surface area (Å²) in [6, 6.07) is 25.3. The Bertz CT molecular complexity index is 1450. The summed E-state index contributed by atoms with van der Waals surface area (Å²) in [5.41, 5.74) is 2.55. The highest BCUT2D eigenvalue weighted by molar-refractivity contribution is 7.98. The van der Waals surface area contributed by atoms with Crippen molar-refractivity contribution in [3.8, 4) is 11.4 Å². The van der Waals surface area contributed by atoms with E-state index in [9.17, 15) is 4.79 Å². The highest BCUT2D eigenvalue weighted by Gasteiger charge is 2.15. The van der Waals surface area contributed by atoms with Crippen LogP contribution in [0, 0.1) is 0 Å². The van der Waals surface area contributed by atoms with E-state index in [-0.39, 0.29) is 5.56 Å². The fourth-order valence-electron chi connectivity index (χ4n) is 3.46. The molecule has 6 nitrogen and oxygen atoms in total. The second-order valence-electron chi connectivity index (χ2n) is 7.32. The number of hydrogen-bond donors (Lipinski definition) is 0. The van der Waals surface area contributed by atoms with Crippen molar-refractivity contribution in [1.82, 2.24) is 19.7 Å². The first-order valence-corrected chi connectivity index (χ1v) is 12.6. The van der Waals surface area contributed by atoms with Crippen LogP contribution in [0.25, 0.3) is 22.3 Å². The van der Waals surface area contributed by atoms with Gasteiger partial charge in [0.1, 0.15) is 0 Å². The van der Waals surface area contributed by atoms with E-state index in [1.807, 2.05) is 85.1 Å². The van der Waals surface area contributed by atoms with E-state index in [1.54, 1.807) is 16.3 Å². The first kappa shape index (κ1) is 21.5. The Kier molecular flexibility index (Phi) is 6.28. The second-order valence-corrected chi connectivity index (χ2v) is 9.14.